The lowest BCUT2D eigenvalue weighted by Gasteiger charge is -2.17. The minimum Gasteiger partial charge on any atom is -0.468 e. The average Bonchev–Trinajstić information content (AvgIpc) is 2.35. The van der Waals surface area contributed by atoms with Crippen LogP contribution in [0.5, 0.6) is 0 Å². The summed E-state index contributed by atoms with van der Waals surface area (Å²) < 4.78 is 23.9. The first-order chi connectivity index (χ1) is 8.60. The van der Waals surface area contributed by atoms with Crippen molar-refractivity contribution >= 4 is 21.9 Å². The van der Waals surface area contributed by atoms with Crippen molar-refractivity contribution in [1.29, 1.82) is 0 Å². The second kappa shape index (κ2) is 7.45. The molecule has 1 unspecified atom stereocenters. The molecule has 0 heterocycles. The molecular weight excluding hydrogens is 305 g/mol. The minimum absolute atomic E-state index is 0.251. The number of ether oxygens (including phenoxy) is 2. The van der Waals surface area contributed by atoms with Gasteiger partial charge in [-0.25, -0.2) is 9.18 Å². The van der Waals surface area contributed by atoms with Crippen molar-refractivity contribution < 1.29 is 18.7 Å². The monoisotopic (exact) mass is 319 g/mol. The van der Waals surface area contributed by atoms with Gasteiger partial charge in [0.15, 0.2) is 0 Å². The van der Waals surface area contributed by atoms with E-state index in [-0.39, 0.29) is 5.56 Å². The van der Waals surface area contributed by atoms with Crippen molar-refractivity contribution in [2.24, 2.45) is 0 Å². The Labute approximate surface area is 114 Å². The van der Waals surface area contributed by atoms with Crippen molar-refractivity contribution in [1.82, 2.24) is 5.32 Å². The van der Waals surface area contributed by atoms with Crippen molar-refractivity contribution in [2.45, 2.75) is 6.04 Å². The number of rotatable bonds is 6. The average molecular weight is 320 g/mol. The molecule has 1 aromatic rings. The van der Waals surface area contributed by atoms with E-state index in [0.717, 1.165) is 0 Å². The second-order valence-corrected chi connectivity index (χ2v) is 4.48. The number of nitrogens with one attached hydrogen (secondary N) is 1. The molecule has 0 aliphatic rings. The Bertz CT molecular complexity index is 414. The van der Waals surface area contributed by atoms with E-state index in [4.69, 9.17) is 4.74 Å². The fourth-order valence-corrected chi connectivity index (χ4v) is 1.81. The number of halogens is 2. The van der Waals surface area contributed by atoms with Gasteiger partial charge >= 0.3 is 5.97 Å². The Hall–Kier alpha value is -0.980. The molecule has 6 heteroatoms. The van der Waals surface area contributed by atoms with Crippen LogP contribution in [0.15, 0.2) is 22.7 Å². The summed E-state index contributed by atoms with van der Waals surface area (Å²) in [6, 6.07) is 3.69. The molecule has 18 heavy (non-hydrogen) atoms. The van der Waals surface area contributed by atoms with E-state index in [2.05, 4.69) is 26.0 Å². The summed E-state index contributed by atoms with van der Waals surface area (Å²) in [6.45, 7) is 0.845. The Kier molecular flexibility index (Phi) is 6.24. The molecule has 0 bridgehead atoms. The standard InChI is InChI=1S/C12H15BrFNO3/c1-17-6-5-15-11(12(16)18-2)9-4-3-8(13)7-10(9)14/h3-4,7,11,15H,5-6H2,1-2H3. The quantitative estimate of drug-likeness (QED) is 0.644. The lowest BCUT2D eigenvalue weighted by Crippen LogP contribution is -2.32. The fourth-order valence-electron chi connectivity index (χ4n) is 1.48. The van der Waals surface area contributed by atoms with Crippen LogP contribution in [0.25, 0.3) is 0 Å². The smallest absolute Gasteiger partial charge is 0.327 e. The number of carbonyl (C=O) groups excluding carboxylic acids is 1. The maximum Gasteiger partial charge on any atom is 0.327 e. The summed E-state index contributed by atoms with van der Waals surface area (Å²) in [5, 5.41) is 2.89. The topological polar surface area (TPSA) is 47.6 Å². The van der Waals surface area contributed by atoms with Gasteiger partial charge in [0.05, 0.1) is 13.7 Å². The van der Waals surface area contributed by atoms with Gasteiger partial charge in [0.2, 0.25) is 0 Å². The molecule has 100 valence electrons. The van der Waals surface area contributed by atoms with Gasteiger partial charge in [-0.15, -0.1) is 0 Å². The molecule has 0 radical (unpaired) electrons. The Morgan fingerprint density at radius 3 is 2.78 bits per heavy atom. The predicted octanol–water partition coefficient (Wildman–Crippen LogP) is 2.04. The van der Waals surface area contributed by atoms with Crippen molar-refractivity contribution in [2.75, 3.05) is 27.4 Å². The molecule has 4 nitrogen and oxygen atoms in total. The number of benzene rings is 1. The van der Waals surface area contributed by atoms with Gasteiger partial charge in [-0.1, -0.05) is 22.0 Å². The molecule has 1 aromatic carbocycles. The molecule has 1 atom stereocenters. The van der Waals surface area contributed by atoms with Crippen LogP contribution in [0.1, 0.15) is 11.6 Å². The maximum atomic E-state index is 13.8. The van der Waals surface area contributed by atoms with Gasteiger partial charge in [0.1, 0.15) is 11.9 Å². The number of hydrogen-bond donors (Lipinski definition) is 1. The minimum atomic E-state index is -0.835. The van der Waals surface area contributed by atoms with Crippen molar-refractivity contribution in [3.8, 4) is 0 Å². The molecule has 0 saturated heterocycles. The third-order valence-corrected chi connectivity index (χ3v) is 2.86. The van der Waals surface area contributed by atoms with Gasteiger partial charge in [-0.05, 0) is 12.1 Å². The molecule has 0 fully saturated rings. The highest BCUT2D eigenvalue weighted by molar-refractivity contribution is 9.10. The fraction of sp³-hybridized carbons (Fsp3) is 0.417. The van der Waals surface area contributed by atoms with Gasteiger partial charge in [-0.3, -0.25) is 5.32 Å². The van der Waals surface area contributed by atoms with Gasteiger partial charge in [-0.2, -0.15) is 0 Å². The van der Waals surface area contributed by atoms with E-state index in [9.17, 15) is 9.18 Å². The Morgan fingerprint density at radius 1 is 1.50 bits per heavy atom. The molecule has 0 aliphatic heterocycles. The zero-order valence-corrected chi connectivity index (χ0v) is 11.8. The van der Waals surface area contributed by atoms with Crippen LogP contribution in [0.2, 0.25) is 0 Å². The van der Waals surface area contributed by atoms with Crippen molar-refractivity contribution in [3.63, 3.8) is 0 Å². The van der Waals surface area contributed by atoms with Crippen LogP contribution in [-0.2, 0) is 14.3 Å². The van der Waals surface area contributed by atoms with Crippen LogP contribution >= 0.6 is 15.9 Å². The summed E-state index contributed by atoms with van der Waals surface area (Å²) in [7, 11) is 2.82. The maximum absolute atomic E-state index is 13.8. The predicted molar refractivity (Wildman–Crippen MR) is 68.7 cm³/mol. The van der Waals surface area contributed by atoms with Gasteiger partial charge < -0.3 is 9.47 Å². The van der Waals surface area contributed by atoms with E-state index in [1.165, 1.54) is 13.2 Å². The van der Waals surface area contributed by atoms with E-state index in [0.29, 0.717) is 17.6 Å². The third kappa shape index (κ3) is 4.04. The first-order valence-electron chi connectivity index (χ1n) is 5.35. The van der Waals surface area contributed by atoms with E-state index < -0.39 is 17.8 Å². The van der Waals surface area contributed by atoms with Crippen LogP contribution in [0, 0.1) is 5.82 Å². The second-order valence-electron chi connectivity index (χ2n) is 3.57. The molecule has 0 aromatic heterocycles. The number of hydrogen-bond acceptors (Lipinski definition) is 4. The Morgan fingerprint density at radius 2 is 2.22 bits per heavy atom. The van der Waals surface area contributed by atoms with E-state index in [1.54, 1.807) is 19.2 Å². The third-order valence-electron chi connectivity index (χ3n) is 2.37. The van der Waals surface area contributed by atoms with Crippen LogP contribution in [-0.4, -0.2) is 33.3 Å². The summed E-state index contributed by atoms with van der Waals surface area (Å²) in [6.07, 6.45) is 0. The molecular formula is C12H15BrFNO3. The highest BCUT2D eigenvalue weighted by Crippen LogP contribution is 2.22. The SMILES string of the molecule is COCCNC(C(=O)OC)c1ccc(Br)cc1F. The van der Waals surface area contributed by atoms with Crippen LogP contribution < -0.4 is 5.32 Å². The van der Waals surface area contributed by atoms with E-state index >= 15 is 0 Å². The zero-order chi connectivity index (χ0) is 13.5. The summed E-state index contributed by atoms with van der Waals surface area (Å²) >= 11 is 3.17. The summed E-state index contributed by atoms with van der Waals surface area (Å²) in [5.74, 6) is -1.00. The lowest BCUT2D eigenvalue weighted by molar-refractivity contribution is -0.143. The van der Waals surface area contributed by atoms with Crippen LogP contribution in [0.3, 0.4) is 0 Å². The molecule has 1 rings (SSSR count). The molecule has 0 amide bonds. The highest BCUT2D eigenvalue weighted by Gasteiger charge is 2.23. The first kappa shape index (κ1) is 15.1. The normalized spacial score (nSPS) is 12.2. The number of carbonyl (C=O) groups is 1. The van der Waals surface area contributed by atoms with Gasteiger partial charge in [0, 0.05) is 23.7 Å². The largest absolute Gasteiger partial charge is 0.468 e. The van der Waals surface area contributed by atoms with Crippen LogP contribution in [0.4, 0.5) is 4.39 Å². The zero-order valence-electron chi connectivity index (χ0n) is 10.2. The first-order valence-corrected chi connectivity index (χ1v) is 6.14. The molecule has 0 saturated carbocycles. The van der Waals surface area contributed by atoms with E-state index in [1.807, 2.05) is 0 Å². The lowest BCUT2D eigenvalue weighted by atomic mass is 10.1. The summed E-state index contributed by atoms with van der Waals surface area (Å²) in [4.78, 5) is 11.6. The Balaban J connectivity index is 2.90. The molecule has 0 aliphatic carbocycles. The molecule has 0 spiro atoms. The molecule has 1 N–H and O–H groups in total. The van der Waals surface area contributed by atoms with Crippen molar-refractivity contribution in [3.05, 3.63) is 34.1 Å². The van der Waals surface area contributed by atoms with Gasteiger partial charge in [0.25, 0.3) is 0 Å². The highest BCUT2D eigenvalue weighted by atomic mass is 79.9. The number of esters is 1. The number of methoxy groups -OCH3 is 2. The summed E-state index contributed by atoms with van der Waals surface area (Å²) in [5.41, 5.74) is 0.251.